The predicted octanol–water partition coefficient (Wildman–Crippen LogP) is 2.82. The van der Waals surface area contributed by atoms with Crippen LogP contribution in [0.4, 0.5) is 0 Å². The zero-order valence-electron chi connectivity index (χ0n) is 12.4. The van der Waals surface area contributed by atoms with E-state index in [1.807, 2.05) is 54.6 Å². The van der Waals surface area contributed by atoms with E-state index in [1.54, 1.807) is 0 Å². The minimum absolute atomic E-state index is 0.633. The highest BCUT2D eigenvalue weighted by Gasteiger charge is 2.36. The maximum absolute atomic E-state index is 10.7. The molecule has 0 bridgehead atoms. The van der Waals surface area contributed by atoms with Crippen LogP contribution in [0, 0.1) is 0 Å². The summed E-state index contributed by atoms with van der Waals surface area (Å²) in [6.45, 7) is 0. The second-order valence-corrected chi connectivity index (χ2v) is 4.57. The first-order valence-electron chi connectivity index (χ1n) is 6.66. The zero-order chi connectivity index (χ0) is 15.3. The van der Waals surface area contributed by atoms with Crippen LogP contribution < -0.4 is 0 Å². The third kappa shape index (κ3) is 2.99. The summed E-state index contributed by atoms with van der Waals surface area (Å²) in [4.78, 5) is 0. The van der Waals surface area contributed by atoms with E-state index >= 15 is 0 Å². The Morgan fingerprint density at radius 2 is 1.33 bits per heavy atom. The summed E-state index contributed by atoms with van der Waals surface area (Å²) in [5, 5.41) is 10.7. The van der Waals surface area contributed by atoms with Gasteiger partial charge in [0.15, 0.2) is 0 Å². The van der Waals surface area contributed by atoms with Gasteiger partial charge in [-0.05, 0) is 11.1 Å². The molecule has 0 aliphatic heterocycles. The lowest BCUT2D eigenvalue weighted by molar-refractivity contribution is -0.365. The van der Waals surface area contributed by atoms with E-state index < -0.39 is 12.1 Å². The fourth-order valence-electron chi connectivity index (χ4n) is 2.41. The van der Waals surface area contributed by atoms with Crippen molar-refractivity contribution in [1.82, 2.24) is 0 Å². The quantitative estimate of drug-likeness (QED) is 0.830. The molecule has 1 atom stereocenters. The summed E-state index contributed by atoms with van der Waals surface area (Å²) in [5.74, 6) is -1.34. The molecule has 0 heterocycles. The first kappa shape index (κ1) is 15.7. The molecule has 4 nitrogen and oxygen atoms in total. The number of hydrogen-bond donors (Lipinski definition) is 1. The molecule has 112 valence electrons. The Labute approximate surface area is 124 Å². The SMILES string of the molecule is COC(OC)(OC)c1ccccc1[C@H](O)c1ccccc1. The van der Waals surface area contributed by atoms with Gasteiger partial charge in [0, 0.05) is 26.9 Å². The Balaban J connectivity index is 2.51. The van der Waals surface area contributed by atoms with Crippen LogP contribution in [0.15, 0.2) is 54.6 Å². The lowest BCUT2D eigenvalue weighted by atomic mass is 9.95. The molecular formula is C17H20O4. The second kappa shape index (κ2) is 6.83. The van der Waals surface area contributed by atoms with Gasteiger partial charge in [0.2, 0.25) is 0 Å². The topological polar surface area (TPSA) is 47.9 Å². The summed E-state index contributed by atoms with van der Waals surface area (Å²) >= 11 is 0. The molecule has 0 aliphatic carbocycles. The fourth-order valence-corrected chi connectivity index (χ4v) is 2.41. The molecule has 0 fully saturated rings. The van der Waals surface area contributed by atoms with Crippen molar-refractivity contribution < 1.29 is 19.3 Å². The molecule has 1 N–H and O–H groups in total. The van der Waals surface area contributed by atoms with Gasteiger partial charge in [-0.3, -0.25) is 0 Å². The third-order valence-electron chi connectivity index (χ3n) is 3.51. The Morgan fingerprint density at radius 3 is 1.90 bits per heavy atom. The van der Waals surface area contributed by atoms with Crippen molar-refractivity contribution in [2.75, 3.05) is 21.3 Å². The highest BCUT2D eigenvalue weighted by Crippen LogP contribution is 2.34. The van der Waals surface area contributed by atoms with Gasteiger partial charge in [-0.15, -0.1) is 0 Å². The van der Waals surface area contributed by atoms with Crippen molar-refractivity contribution in [3.05, 3.63) is 71.3 Å². The van der Waals surface area contributed by atoms with Crippen LogP contribution in [0.2, 0.25) is 0 Å². The summed E-state index contributed by atoms with van der Waals surface area (Å²) in [6.07, 6.45) is -0.790. The zero-order valence-corrected chi connectivity index (χ0v) is 12.4. The average Bonchev–Trinajstić information content (AvgIpc) is 2.57. The monoisotopic (exact) mass is 288 g/mol. The van der Waals surface area contributed by atoms with E-state index in [0.29, 0.717) is 11.1 Å². The van der Waals surface area contributed by atoms with Crippen LogP contribution in [0.1, 0.15) is 22.8 Å². The van der Waals surface area contributed by atoms with Crippen molar-refractivity contribution in [2.45, 2.75) is 12.1 Å². The highest BCUT2D eigenvalue weighted by molar-refractivity contribution is 5.37. The van der Waals surface area contributed by atoms with Crippen molar-refractivity contribution in [2.24, 2.45) is 0 Å². The van der Waals surface area contributed by atoms with Crippen LogP contribution in [0.25, 0.3) is 0 Å². The smallest absolute Gasteiger partial charge is 0.311 e. The summed E-state index contributed by atoms with van der Waals surface area (Å²) in [6, 6.07) is 16.8. The van der Waals surface area contributed by atoms with E-state index in [9.17, 15) is 5.11 Å². The van der Waals surface area contributed by atoms with E-state index in [-0.39, 0.29) is 0 Å². The van der Waals surface area contributed by atoms with Gasteiger partial charge < -0.3 is 19.3 Å². The van der Waals surface area contributed by atoms with E-state index in [1.165, 1.54) is 21.3 Å². The lowest BCUT2D eigenvalue weighted by Crippen LogP contribution is -2.34. The number of aliphatic hydroxyl groups is 1. The number of hydrogen-bond acceptors (Lipinski definition) is 4. The molecule has 0 saturated heterocycles. The first-order valence-corrected chi connectivity index (χ1v) is 6.66. The second-order valence-electron chi connectivity index (χ2n) is 4.57. The highest BCUT2D eigenvalue weighted by atomic mass is 16.9. The van der Waals surface area contributed by atoms with Crippen molar-refractivity contribution in [1.29, 1.82) is 0 Å². The van der Waals surface area contributed by atoms with Gasteiger partial charge >= 0.3 is 5.97 Å². The molecule has 0 aromatic heterocycles. The molecule has 2 aromatic rings. The molecule has 0 saturated carbocycles. The average molecular weight is 288 g/mol. The molecular weight excluding hydrogens is 268 g/mol. The fraction of sp³-hybridized carbons (Fsp3) is 0.294. The molecule has 2 rings (SSSR count). The van der Waals surface area contributed by atoms with Crippen molar-refractivity contribution in [3.63, 3.8) is 0 Å². The number of rotatable bonds is 6. The Kier molecular flexibility index (Phi) is 5.09. The number of aliphatic hydroxyl groups excluding tert-OH is 1. The van der Waals surface area contributed by atoms with Gasteiger partial charge in [0.25, 0.3) is 0 Å². The van der Waals surface area contributed by atoms with Gasteiger partial charge in [0.1, 0.15) is 6.10 Å². The maximum Gasteiger partial charge on any atom is 0.311 e. The number of benzene rings is 2. The van der Waals surface area contributed by atoms with Crippen LogP contribution in [-0.2, 0) is 20.2 Å². The summed E-state index contributed by atoms with van der Waals surface area (Å²) < 4.78 is 16.2. The molecule has 21 heavy (non-hydrogen) atoms. The lowest BCUT2D eigenvalue weighted by Gasteiger charge is -2.31. The molecule has 2 aromatic carbocycles. The molecule has 0 spiro atoms. The third-order valence-corrected chi connectivity index (χ3v) is 3.51. The minimum Gasteiger partial charge on any atom is -0.384 e. The standard InChI is InChI=1S/C17H20O4/c1-19-17(20-2,21-3)15-12-8-7-11-14(15)16(18)13-9-5-4-6-10-13/h4-12,16,18H,1-3H3/t16-/m1/s1. The Morgan fingerprint density at radius 1 is 0.810 bits per heavy atom. The molecule has 0 aliphatic rings. The van der Waals surface area contributed by atoms with E-state index in [2.05, 4.69) is 0 Å². The van der Waals surface area contributed by atoms with Crippen LogP contribution in [0.5, 0.6) is 0 Å². The Hall–Kier alpha value is -1.72. The minimum atomic E-state index is -1.34. The molecule has 4 heteroatoms. The van der Waals surface area contributed by atoms with Gasteiger partial charge in [-0.25, -0.2) is 0 Å². The molecule has 0 unspecified atom stereocenters. The van der Waals surface area contributed by atoms with Crippen molar-refractivity contribution in [3.8, 4) is 0 Å². The van der Waals surface area contributed by atoms with Crippen molar-refractivity contribution >= 4 is 0 Å². The maximum atomic E-state index is 10.7. The van der Waals surface area contributed by atoms with E-state index in [0.717, 1.165) is 5.56 Å². The van der Waals surface area contributed by atoms with Crippen LogP contribution >= 0.6 is 0 Å². The van der Waals surface area contributed by atoms with Gasteiger partial charge in [0.05, 0.1) is 0 Å². The first-order chi connectivity index (χ1) is 10.2. The normalized spacial score (nSPS) is 13.1. The Bertz CT molecular complexity index is 556. The predicted molar refractivity (Wildman–Crippen MR) is 79.7 cm³/mol. The summed E-state index contributed by atoms with van der Waals surface area (Å²) in [7, 11) is 4.50. The van der Waals surface area contributed by atoms with Crippen LogP contribution in [0.3, 0.4) is 0 Å². The van der Waals surface area contributed by atoms with Gasteiger partial charge in [-0.2, -0.15) is 0 Å². The van der Waals surface area contributed by atoms with E-state index in [4.69, 9.17) is 14.2 Å². The van der Waals surface area contributed by atoms with Crippen LogP contribution in [-0.4, -0.2) is 26.4 Å². The molecule has 0 amide bonds. The number of methoxy groups -OCH3 is 3. The van der Waals surface area contributed by atoms with Gasteiger partial charge in [-0.1, -0.05) is 54.6 Å². The molecule has 0 radical (unpaired) electrons. The number of ether oxygens (including phenoxy) is 3. The largest absolute Gasteiger partial charge is 0.384 e. The summed E-state index contributed by atoms with van der Waals surface area (Å²) in [5.41, 5.74) is 2.10.